The normalized spacial score (nSPS) is 26.3. The number of anilines is 1. The minimum Gasteiger partial charge on any atom is -0.465 e. The number of fused-ring (bicyclic) bond motifs is 3. The van der Waals surface area contributed by atoms with E-state index in [1.54, 1.807) is 6.07 Å². The Morgan fingerprint density at radius 3 is 2.51 bits per heavy atom. The molecule has 1 spiro atoms. The van der Waals surface area contributed by atoms with E-state index in [1.807, 2.05) is 18.2 Å². The van der Waals surface area contributed by atoms with Gasteiger partial charge in [0.05, 0.1) is 40.1 Å². The fourth-order valence-corrected chi connectivity index (χ4v) is 9.43. The largest absolute Gasteiger partial charge is 0.465 e. The molecule has 2 atom stereocenters. The Balaban J connectivity index is 0.961. The van der Waals surface area contributed by atoms with E-state index >= 15 is 0 Å². The number of piperidine rings is 1. The molecule has 11 heteroatoms. The van der Waals surface area contributed by atoms with Crippen molar-refractivity contribution in [3.63, 3.8) is 0 Å². The van der Waals surface area contributed by atoms with E-state index in [4.69, 9.17) is 42.2 Å². The molecule has 4 fully saturated rings. The molecule has 2 aromatic heterocycles. The lowest BCUT2D eigenvalue weighted by atomic mass is 9.59. The second kappa shape index (κ2) is 10.4. The Morgan fingerprint density at radius 2 is 1.84 bits per heavy atom. The molecule has 0 radical (unpaired) electrons. The van der Waals surface area contributed by atoms with Gasteiger partial charge in [-0.25, -0.2) is 14.2 Å². The summed E-state index contributed by atoms with van der Waals surface area (Å²) in [6.45, 7) is 0.427. The molecular formula is C32H30Cl2FN3O4S. The summed E-state index contributed by atoms with van der Waals surface area (Å²) >= 11 is 14.5. The van der Waals surface area contributed by atoms with Gasteiger partial charge in [-0.1, -0.05) is 45.8 Å². The number of methoxy groups -OCH3 is 1. The second-order valence-corrected chi connectivity index (χ2v) is 14.4. The third-order valence-corrected chi connectivity index (χ3v) is 11.4. The molecule has 2 aromatic carbocycles. The summed E-state index contributed by atoms with van der Waals surface area (Å²) in [5.74, 6) is 0.251. The van der Waals surface area contributed by atoms with E-state index in [9.17, 15) is 9.18 Å². The van der Waals surface area contributed by atoms with Crippen molar-refractivity contribution in [1.82, 2.24) is 10.1 Å². The predicted octanol–water partition coefficient (Wildman–Crippen LogP) is 8.56. The molecule has 2 saturated carbocycles. The van der Waals surface area contributed by atoms with Gasteiger partial charge in [0.1, 0.15) is 17.0 Å². The molecule has 43 heavy (non-hydrogen) atoms. The Labute approximate surface area is 262 Å². The standard InChI is InChI=1S/C32H30Cl2FN3O4S/c1-40-30(39)17-9-24(35)28-25(10-17)43-31(36-28)38-18-7-8-19(38)12-32(11-18)13-20(14-32)41-15-21-27(37-42-29(21)16-5-6-16)26-22(33)3-2-4-23(26)34/h2-4,9-10,16,18-20H,5-8,11-15H2,1H3/t18-,19+,20?,32?. The molecule has 4 aliphatic rings. The average molecular weight is 643 g/mol. The number of ether oxygens (including phenoxy) is 2. The van der Waals surface area contributed by atoms with Crippen molar-refractivity contribution in [2.75, 3.05) is 12.0 Å². The third-order valence-electron chi connectivity index (χ3n) is 9.79. The van der Waals surface area contributed by atoms with Crippen LogP contribution in [0.15, 0.2) is 34.9 Å². The fraction of sp³-hybridized carbons (Fsp3) is 0.469. The van der Waals surface area contributed by atoms with E-state index in [-0.39, 0.29) is 17.1 Å². The lowest BCUT2D eigenvalue weighted by Gasteiger charge is -2.54. The quantitative estimate of drug-likeness (QED) is 0.187. The number of hydrogen-bond acceptors (Lipinski definition) is 8. The Morgan fingerprint density at radius 1 is 1.12 bits per heavy atom. The van der Waals surface area contributed by atoms with Crippen molar-refractivity contribution in [3.8, 4) is 11.3 Å². The number of halogens is 3. The van der Waals surface area contributed by atoms with Crippen molar-refractivity contribution < 1.29 is 23.2 Å². The van der Waals surface area contributed by atoms with Gasteiger partial charge in [-0.3, -0.25) is 0 Å². The smallest absolute Gasteiger partial charge is 0.338 e. The number of benzene rings is 2. The number of carbonyl (C=O) groups excluding carboxylic acids is 1. The Kier molecular flexibility index (Phi) is 6.74. The monoisotopic (exact) mass is 641 g/mol. The number of rotatable bonds is 7. The van der Waals surface area contributed by atoms with Crippen LogP contribution in [0.1, 0.15) is 79.0 Å². The molecule has 2 saturated heterocycles. The zero-order valence-electron chi connectivity index (χ0n) is 23.6. The molecule has 2 bridgehead atoms. The van der Waals surface area contributed by atoms with Crippen molar-refractivity contribution >= 4 is 55.9 Å². The van der Waals surface area contributed by atoms with Crippen LogP contribution in [0.4, 0.5) is 9.52 Å². The fourth-order valence-electron chi connectivity index (χ4n) is 7.69. The van der Waals surface area contributed by atoms with Crippen molar-refractivity contribution in [2.45, 2.75) is 82.1 Å². The highest BCUT2D eigenvalue weighted by Gasteiger charge is 2.55. The van der Waals surface area contributed by atoms with Crippen LogP contribution in [-0.4, -0.2) is 41.4 Å². The van der Waals surface area contributed by atoms with E-state index in [0.717, 1.165) is 67.8 Å². The summed E-state index contributed by atoms with van der Waals surface area (Å²) < 4.78 is 32.6. The first kappa shape index (κ1) is 27.8. The van der Waals surface area contributed by atoms with Gasteiger partial charge in [-0.05, 0) is 81.0 Å². The maximum atomic E-state index is 14.9. The predicted molar refractivity (Wildman–Crippen MR) is 164 cm³/mol. The second-order valence-electron chi connectivity index (χ2n) is 12.6. The van der Waals surface area contributed by atoms with Gasteiger partial charge in [0.15, 0.2) is 10.9 Å². The summed E-state index contributed by atoms with van der Waals surface area (Å²) in [5.41, 5.74) is 3.14. The minimum absolute atomic E-state index is 0.177. The molecule has 8 rings (SSSR count). The van der Waals surface area contributed by atoms with Crippen LogP contribution < -0.4 is 4.90 Å². The molecule has 4 heterocycles. The van der Waals surface area contributed by atoms with Gasteiger partial charge in [-0.15, -0.1) is 0 Å². The Bertz CT molecular complexity index is 1710. The van der Waals surface area contributed by atoms with Crippen LogP contribution in [0.2, 0.25) is 10.0 Å². The van der Waals surface area contributed by atoms with E-state index in [1.165, 1.54) is 24.5 Å². The molecule has 7 nitrogen and oxygen atoms in total. The third kappa shape index (κ3) is 4.74. The van der Waals surface area contributed by atoms with Crippen LogP contribution in [0.25, 0.3) is 21.5 Å². The van der Waals surface area contributed by atoms with Crippen LogP contribution in [0, 0.1) is 11.2 Å². The number of carbonyl (C=O) groups is 1. The van der Waals surface area contributed by atoms with Crippen LogP contribution >= 0.6 is 34.5 Å². The van der Waals surface area contributed by atoms with Gasteiger partial charge < -0.3 is 18.9 Å². The topological polar surface area (TPSA) is 77.7 Å². The SMILES string of the molecule is COC(=O)c1cc(F)c2nc(N3[C@@H]4CC[C@H]3CC3(CC(OCc5c(-c6c(Cl)cccc6Cl)noc5C5CC5)C3)C4)sc2c1. The van der Waals surface area contributed by atoms with Crippen LogP contribution in [0.5, 0.6) is 0 Å². The lowest BCUT2D eigenvalue weighted by Crippen LogP contribution is -2.54. The first-order chi connectivity index (χ1) is 20.8. The van der Waals surface area contributed by atoms with E-state index in [0.29, 0.717) is 56.1 Å². The highest BCUT2D eigenvalue weighted by atomic mass is 35.5. The van der Waals surface area contributed by atoms with Gasteiger partial charge in [0.25, 0.3) is 0 Å². The minimum atomic E-state index is -0.547. The molecule has 0 amide bonds. The Hall–Kier alpha value is -2.72. The maximum absolute atomic E-state index is 14.9. The van der Waals surface area contributed by atoms with Gasteiger partial charge in [0.2, 0.25) is 0 Å². The summed E-state index contributed by atoms with van der Waals surface area (Å²) in [5, 5.41) is 6.34. The highest BCUT2D eigenvalue weighted by Crippen LogP contribution is 2.58. The summed E-state index contributed by atoms with van der Waals surface area (Å²) in [7, 11) is 1.30. The maximum Gasteiger partial charge on any atom is 0.338 e. The lowest BCUT2D eigenvalue weighted by molar-refractivity contribution is -0.103. The molecule has 4 aromatic rings. The highest BCUT2D eigenvalue weighted by molar-refractivity contribution is 7.22. The molecule has 0 unspecified atom stereocenters. The van der Waals surface area contributed by atoms with Gasteiger partial charge in [0, 0.05) is 29.1 Å². The van der Waals surface area contributed by atoms with Crippen LogP contribution in [0.3, 0.4) is 0 Å². The van der Waals surface area contributed by atoms with Crippen molar-refractivity contribution in [2.24, 2.45) is 5.41 Å². The van der Waals surface area contributed by atoms with Gasteiger partial charge >= 0.3 is 5.97 Å². The zero-order valence-corrected chi connectivity index (χ0v) is 25.9. The van der Waals surface area contributed by atoms with Crippen molar-refractivity contribution in [1.29, 1.82) is 0 Å². The molecule has 0 N–H and O–H groups in total. The van der Waals surface area contributed by atoms with E-state index in [2.05, 4.69) is 10.1 Å². The molecule has 224 valence electrons. The number of aromatic nitrogens is 2. The number of nitrogens with zero attached hydrogens (tertiary/aromatic N) is 3. The average Bonchev–Trinajstić information content (AvgIpc) is 3.49. The first-order valence-corrected chi connectivity index (χ1v) is 16.4. The number of hydrogen-bond donors (Lipinski definition) is 0. The molecule has 2 aliphatic heterocycles. The number of thiazole rings is 1. The molecule has 2 aliphatic carbocycles. The summed E-state index contributed by atoms with van der Waals surface area (Å²) in [6.07, 6.45) is 8.79. The van der Waals surface area contributed by atoms with Crippen LogP contribution in [-0.2, 0) is 16.1 Å². The summed E-state index contributed by atoms with van der Waals surface area (Å²) in [4.78, 5) is 19.1. The molecular weight excluding hydrogens is 612 g/mol. The summed E-state index contributed by atoms with van der Waals surface area (Å²) in [6, 6.07) is 9.11. The van der Waals surface area contributed by atoms with Gasteiger partial charge in [-0.2, -0.15) is 0 Å². The number of esters is 1. The zero-order chi connectivity index (χ0) is 29.5. The van der Waals surface area contributed by atoms with Crippen molar-refractivity contribution in [3.05, 3.63) is 63.1 Å². The first-order valence-electron chi connectivity index (χ1n) is 14.8. The van der Waals surface area contributed by atoms with E-state index < -0.39 is 11.8 Å².